The van der Waals surface area contributed by atoms with Crippen molar-refractivity contribution in [2.75, 3.05) is 13.2 Å². The van der Waals surface area contributed by atoms with Crippen LogP contribution in [-0.2, 0) is 4.79 Å². The number of carbonyl (C=O) groups is 1. The number of amides is 1. The first-order valence-electron chi connectivity index (χ1n) is 5.44. The lowest BCUT2D eigenvalue weighted by Gasteiger charge is -2.07. The average Bonchev–Trinajstić information content (AvgIpc) is 2.35. The van der Waals surface area contributed by atoms with Gasteiger partial charge in [-0.05, 0) is 23.6 Å². The molecule has 92 valence electrons. The zero-order valence-corrected chi connectivity index (χ0v) is 11.3. The van der Waals surface area contributed by atoms with Gasteiger partial charge in [-0.1, -0.05) is 41.1 Å². The minimum absolute atomic E-state index is 0.0776. The van der Waals surface area contributed by atoms with Crippen molar-refractivity contribution in [3.8, 4) is 0 Å². The Morgan fingerprint density at radius 3 is 2.88 bits per heavy atom. The molecule has 0 fully saturated rings. The zero-order valence-electron chi connectivity index (χ0n) is 9.69. The molecule has 0 aliphatic carbocycles. The second-order valence-electron chi connectivity index (χ2n) is 3.89. The maximum absolute atomic E-state index is 11.5. The Morgan fingerprint density at radius 1 is 1.53 bits per heavy atom. The average molecular weight is 298 g/mol. The van der Waals surface area contributed by atoms with Gasteiger partial charge in [0.1, 0.15) is 0 Å². The van der Waals surface area contributed by atoms with E-state index in [-0.39, 0.29) is 18.4 Å². The molecule has 17 heavy (non-hydrogen) atoms. The maximum atomic E-state index is 11.5. The minimum Gasteiger partial charge on any atom is -0.396 e. The minimum atomic E-state index is -0.152. The van der Waals surface area contributed by atoms with Crippen LogP contribution in [0.5, 0.6) is 0 Å². The van der Waals surface area contributed by atoms with Crippen LogP contribution in [0.1, 0.15) is 12.5 Å². The Balaban J connectivity index is 2.49. The molecule has 0 aromatic heterocycles. The van der Waals surface area contributed by atoms with E-state index in [4.69, 9.17) is 5.11 Å². The van der Waals surface area contributed by atoms with Gasteiger partial charge < -0.3 is 10.4 Å². The number of rotatable bonds is 5. The normalized spacial score (nSPS) is 12.6. The van der Waals surface area contributed by atoms with E-state index in [0.717, 1.165) is 10.0 Å². The number of hydrogen-bond donors (Lipinski definition) is 2. The molecule has 0 saturated carbocycles. The van der Waals surface area contributed by atoms with E-state index >= 15 is 0 Å². The Bertz CT molecular complexity index is 404. The summed E-state index contributed by atoms with van der Waals surface area (Å²) in [4.78, 5) is 11.5. The SMILES string of the molecule is CC(CO)CNC(=O)/C=C/c1ccccc1Br. The lowest BCUT2D eigenvalue weighted by Crippen LogP contribution is -2.27. The number of hydrogen-bond acceptors (Lipinski definition) is 2. The van der Waals surface area contributed by atoms with Crippen LogP contribution in [0.15, 0.2) is 34.8 Å². The molecule has 0 spiro atoms. The highest BCUT2D eigenvalue weighted by atomic mass is 79.9. The van der Waals surface area contributed by atoms with Crippen LogP contribution in [0.4, 0.5) is 0 Å². The standard InChI is InChI=1S/C13H16BrNO2/c1-10(9-16)8-15-13(17)7-6-11-4-2-3-5-12(11)14/h2-7,10,16H,8-9H2,1H3,(H,15,17)/b7-6+. The molecule has 1 aromatic carbocycles. The molecule has 1 amide bonds. The van der Waals surface area contributed by atoms with Gasteiger partial charge in [0.25, 0.3) is 0 Å². The van der Waals surface area contributed by atoms with Gasteiger partial charge in [-0.15, -0.1) is 0 Å². The summed E-state index contributed by atoms with van der Waals surface area (Å²) in [6.45, 7) is 2.43. The van der Waals surface area contributed by atoms with Crippen molar-refractivity contribution in [2.24, 2.45) is 5.92 Å². The highest BCUT2D eigenvalue weighted by Crippen LogP contribution is 2.16. The molecule has 3 nitrogen and oxygen atoms in total. The van der Waals surface area contributed by atoms with Crippen molar-refractivity contribution >= 4 is 27.9 Å². The second kappa shape index (κ2) is 7.25. The van der Waals surface area contributed by atoms with Gasteiger partial charge in [-0.3, -0.25) is 4.79 Å². The van der Waals surface area contributed by atoms with E-state index in [1.807, 2.05) is 31.2 Å². The van der Waals surface area contributed by atoms with E-state index in [0.29, 0.717) is 6.54 Å². The van der Waals surface area contributed by atoms with E-state index < -0.39 is 0 Å². The van der Waals surface area contributed by atoms with Gasteiger partial charge >= 0.3 is 0 Å². The van der Waals surface area contributed by atoms with Crippen molar-refractivity contribution in [1.29, 1.82) is 0 Å². The molecule has 0 saturated heterocycles. The van der Waals surface area contributed by atoms with Crippen molar-refractivity contribution in [1.82, 2.24) is 5.32 Å². The summed E-state index contributed by atoms with van der Waals surface area (Å²) < 4.78 is 0.952. The van der Waals surface area contributed by atoms with E-state index in [2.05, 4.69) is 21.2 Å². The monoisotopic (exact) mass is 297 g/mol. The first-order chi connectivity index (χ1) is 8.13. The van der Waals surface area contributed by atoms with Crippen LogP contribution < -0.4 is 5.32 Å². The topological polar surface area (TPSA) is 49.3 Å². The van der Waals surface area contributed by atoms with Gasteiger partial charge in [-0.25, -0.2) is 0 Å². The molecule has 2 N–H and O–H groups in total. The predicted octanol–water partition coefficient (Wildman–Crippen LogP) is 2.21. The first kappa shape index (κ1) is 13.9. The number of aliphatic hydroxyl groups excluding tert-OH is 1. The first-order valence-corrected chi connectivity index (χ1v) is 6.24. The fourth-order valence-corrected chi connectivity index (χ4v) is 1.59. The van der Waals surface area contributed by atoms with Crippen LogP contribution in [0, 0.1) is 5.92 Å². The number of nitrogens with one attached hydrogen (secondary N) is 1. The van der Waals surface area contributed by atoms with Crippen LogP contribution in [0.3, 0.4) is 0 Å². The molecule has 1 rings (SSSR count). The van der Waals surface area contributed by atoms with Gasteiger partial charge in [0.15, 0.2) is 0 Å². The number of halogens is 1. The fourth-order valence-electron chi connectivity index (χ4n) is 1.17. The second-order valence-corrected chi connectivity index (χ2v) is 4.74. The van der Waals surface area contributed by atoms with Crippen molar-refractivity contribution in [2.45, 2.75) is 6.92 Å². The fraction of sp³-hybridized carbons (Fsp3) is 0.308. The predicted molar refractivity (Wildman–Crippen MR) is 72.4 cm³/mol. The zero-order chi connectivity index (χ0) is 12.7. The summed E-state index contributed by atoms with van der Waals surface area (Å²) >= 11 is 3.40. The van der Waals surface area contributed by atoms with Gasteiger partial charge in [0.05, 0.1) is 0 Å². The van der Waals surface area contributed by atoms with Gasteiger partial charge in [0.2, 0.25) is 5.91 Å². The third kappa shape index (κ3) is 5.15. The highest BCUT2D eigenvalue weighted by Gasteiger charge is 2.01. The largest absolute Gasteiger partial charge is 0.396 e. The number of aliphatic hydroxyl groups is 1. The summed E-state index contributed by atoms with van der Waals surface area (Å²) in [6, 6.07) is 7.68. The third-order valence-electron chi connectivity index (χ3n) is 2.26. The van der Waals surface area contributed by atoms with Gasteiger partial charge in [0, 0.05) is 23.7 Å². The van der Waals surface area contributed by atoms with Crippen molar-refractivity contribution < 1.29 is 9.90 Å². The molecule has 0 aliphatic rings. The summed E-state index contributed by atoms with van der Waals surface area (Å²) in [7, 11) is 0. The van der Waals surface area contributed by atoms with Crippen molar-refractivity contribution in [3.05, 3.63) is 40.4 Å². The molecule has 0 aliphatic heterocycles. The molecule has 1 atom stereocenters. The Hall–Kier alpha value is -1.13. The summed E-state index contributed by atoms with van der Waals surface area (Å²) in [5, 5.41) is 11.5. The van der Waals surface area contributed by atoms with E-state index in [9.17, 15) is 4.79 Å². The van der Waals surface area contributed by atoms with E-state index in [1.165, 1.54) is 6.08 Å². The molecule has 0 radical (unpaired) electrons. The molecule has 1 unspecified atom stereocenters. The lowest BCUT2D eigenvalue weighted by atomic mass is 10.2. The van der Waals surface area contributed by atoms with Crippen molar-refractivity contribution in [3.63, 3.8) is 0 Å². The maximum Gasteiger partial charge on any atom is 0.244 e. The van der Waals surface area contributed by atoms with Gasteiger partial charge in [-0.2, -0.15) is 0 Å². The number of carbonyl (C=O) groups excluding carboxylic acids is 1. The third-order valence-corrected chi connectivity index (χ3v) is 2.98. The summed E-state index contributed by atoms with van der Waals surface area (Å²) in [6.07, 6.45) is 3.24. The smallest absolute Gasteiger partial charge is 0.244 e. The Kier molecular flexibility index (Phi) is 5.94. The molecule has 4 heteroatoms. The van der Waals surface area contributed by atoms with E-state index in [1.54, 1.807) is 6.08 Å². The molecule has 0 bridgehead atoms. The molecular weight excluding hydrogens is 282 g/mol. The highest BCUT2D eigenvalue weighted by molar-refractivity contribution is 9.10. The summed E-state index contributed by atoms with van der Waals surface area (Å²) in [5.74, 6) is -0.0723. The molecular formula is C13H16BrNO2. The Morgan fingerprint density at radius 2 is 2.24 bits per heavy atom. The molecule has 1 aromatic rings. The van der Waals surface area contributed by atoms with Crippen LogP contribution >= 0.6 is 15.9 Å². The van der Waals surface area contributed by atoms with Crippen LogP contribution in [-0.4, -0.2) is 24.2 Å². The number of benzene rings is 1. The molecule has 0 heterocycles. The van der Waals surface area contributed by atoms with Crippen LogP contribution in [0.2, 0.25) is 0 Å². The summed E-state index contributed by atoms with van der Waals surface area (Å²) in [5.41, 5.74) is 0.956. The van der Waals surface area contributed by atoms with Crippen LogP contribution in [0.25, 0.3) is 6.08 Å². The Labute approximate surface area is 110 Å². The lowest BCUT2D eigenvalue weighted by molar-refractivity contribution is -0.116. The quantitative estimate of drug-likeness (QED) is 0.819.